The summed E-state index contributed by atoms with van der Waals surface area (Å²) >= 11 is 2.60. The molecule has 1 atom stereocenters. The van der Waals surface area contributed by atoms with Gasteiger partial charge in [0.05, 0.1) is 6.26 Å². The standard InChI is InChI=1S/C13H13N3O3S2/c1-8(17)20-7-9-5-11(18)16(6-9)13-15-14-12(21-13)10-3-2-4-19-10/h2-4,9H,5-7H2,1H3. The van der Waals surface area contributed by atoms with Crippen LogP contribution in [0.4, 0.5) is 5.13 Å². The predicted molar refractivity (Wildman–Crippen MR) is 81.2 cm³/mol. The van der Waals surface area contributed by atoms with Crippen LogP contribution in [0.15, 0.2) is 22.8 Å². The second-order valence-corrected chi connectivity index (χ2v) is 6.90. The number of nitrogens with zero attached hydrogens (tertiary/aromatic N) is 3. The number of hydrogen-bond donors (Lipinski definition) is 0. The summed E-state index contributed by atoms with van der Waals surface area (Å²) in [6, 6.07) is 3.59. The summed E-state index contributed by atoms with van der Waals surface area (Å²) in [6.07, 6.45) is 2.03. The van der Waals surface area contributed by atoms with E-state index in [1.165, 1.54) is 23.1 Å². The van der Waals surface area contributed by atoms with Gasteiger partial charge in [0.2, 0.25) is 11.0 Å². The van der Waals surface area contributed by atoms with Crippen molar-refractivity contribution in [2.45, 2.75) is 13.3 Å². The van der Waals surface area contributed by atoms with E-state index in [0.717, 1.165) is 0 Å². The van der Waals surface area contributed by atoms with Gasteiger partial charge in [-0.3, -0.25) is 14.5 Å². The average molecular weight is 323 g/mol. The second kappa shape index (κ2) is 5.98. The molecule has 1 amide bonds. The number of hydrogen-bond acceptors (Lipinski definition) is 7. The van der Waals surface area contributed by atoms with Gasteiger partial charge in [0.15, 0.2) is 15.9 Å². The van der Waals surface area contributed by atoms with Gasteiger partial charge in [-0.15, -0.1) is 10.2 Å². The van der Waals surface area contributed by atoms with E-state index in [0.29, 0.717) is 34.6 Å². The van der Waals surface area contributed by atoms with Crippen molar-refractivity contribution in [1.29, 1.82) is 0 Å². The molecule has 0 aromatic carbocycles. The van der Waals surface area contributed by atoms with E-state index in [1.54, 1.807) is 24.2 Å². The van der Waals surface area contributed by atoms with Crippen LogP contribution in [0.25, 0.3) is 10.8 Å². The van der Waals surface area contributed by atoms with Crippen LogP contribution in [-0.4, -0.2) is 33.5 Å². The SMILES string of the molecule is CC(=O)SCC1CC(=O)N(c2nnc(-c3ccco3)s2)C1. The van der Waals surface area contributed by atoms with Crippen LogP contribution in [0.2, 0.25) is 0 Å². The van der Waals surface area contributed by atoms with Crippen molar-refractivity contribution in [3.8, 4) is 10.8 Å². The van der Waals surface area contributed by atoms with Crippen LogP contribution >= 0.6 is 23.1 Å². The molecule has 3 heterocycles. The van der Waals surface area contributed by atoms with Crippen molar-refractivity contribution < 1.29 is 14.0 Å². The van der Waals surface area contributed by atoms with Crippen molar-refractivity contribution in [2.24, 2.45) is 5.92 Å². The van der Waals surface area contributed by atoms with E-state index in [4.69, 9.17) is 4.42 Å². The third-order valence-corrected chi connectivity index (χ3v) is 5.11. The molecule has 6 nitrogen and oxygen atoms in total. The number of anilines is 1. The molecule has 1 aliphatic rings. The van der Waals surface area contributed by atoms with E-state index in [1.807, 2.05) is 6.07 Å². The van der Waals surface area contributed by atoms with Crippen LogP contribution in [0.3, 0.4) is 0 Å². The second-order valence-electron chi connectivity index (χ2n) is 4.74. The molecule has 3 rings (SSSR count). The maximum absolute atomic E-state index is 12.1. The van der Waals surface area contributed by atoms with Gasteiger partial charge in [-0.05, 0) is 18.1 Å². The largest absolute Gasteiger partial charge is 0.462 e. The molecule has 2 aromatic heterocycles. The minimum atomic E-state index is 0.0336. The highest BCUT2D eigenvalue weighted by molar-refractivity contribution is 8.13. The lowest BCUT2D eigenvalue weighted by atomic mass is 10.1. The minimum absolute atomic E-state index is 0.0336. The van der Waals surface area contributed by atoms with Gasteiger partial charge in [-0.25, -0.2) is 0 Å². The quantitative estimate of drug-likeness (QED) is 0.860. The molecule has 0 radical (unpaired) electrons. The van der Waals surface area contributed by atoms with E-state index in [9.17, 15) is 9.59 Å². The Hall–Kier alpha value is -1.67. The Bertz CT molecular complexity index is 653. The highest BCUT2D eigenvalue weighted by Gasteiger charge is 2.33. The van der Waals surface area contributed by atoms with Crippen LogP contribution in [0.1, 0.15) is 13.3 Å². The summed E-state index contributed by atoms with van der Waals surface area (Å²) in [7, 11) is 0. The fourth-order valence-corrected chi connectivity index (χ4v) is 3.67. The average Bonchev–Trinajstić information content (AvgIpc) is 3.16. The summed E-state index contributed by atoms with van der Waals surface area (Å²) in [5, 5.41) is 9.45. The van der Waals surface area contributed by atoms with E-state index in [-0.39, 0.29) is 16.9 Å². The molecular weight excluding hydrogens is 310 g/mol. The Labute approximate surface area is 129 Å². The molecular formula is C13H13N3O3S2. The molecule has 1 fully saturated rings. The highest BCUT2D eigenvalue weighted by atomic mass is 32.2. The van der Waals surface area contributed by atoms with E-state index >= 15 is 0 Å². The molecule has 2 aromatic rings. The monoisotopic (exact) mass is 323 g/mol. The first-order valence-corrected chi connectivity index (χ1v) is 8.25. The van der Waals surface area contributed by atoms with Gasteiger partial charge in [-0.2, -0.15) is 0 Å². The van der Waals surface area contributed by atoms with Crippen molar-refractivity contribution in [3.63, 3.8) is 0 Å². The number of carbonyl (C=O) groups is 2. The van der Waals surface area contributed by atoms with Crippen LogP contribution < -0.4 is 4.90 Å². The number of thioether (sulfide) groups is 1. The van der Waals surface area contributed by atoms with Crippen molar-refractivity contribution in [2.75, 3.05) is 17.2 Å². The van der Waals surface area contributed by atoms with E-state index in [2.05, 4.69) is 10.2 Å². The Kier molecular flexibility index (Phi) is 4.07. The molecule has 0 aliphatic carbocycles. The Morgan fingerprint density at radius 3 is 3.14 bits per heavy atom. The van der Waals surface area contributed by atoms with E-state index < -0.39 is 0 Å². The maximum atomic E-state index is 12.1. The topological polar surface area (TPSA) is 76.3 Å². The summed E-state index contributed by atoms with van der Waals surface area (Å²) < 4.78 is 5.27. The van der Waals surface area contributed by atoms with Gasteiger partial charge in [-0.1, -0.05) is 23.1 Å². The fourth-order valence-electron chi connectivity index (χ4n) is 2.14. The van der Waals surface area contributed by atoms with Gasteiger partial charge in [0.1, 0.15) is 0 Å². The molecule has 0 spiro atoms. The third kappa shape index (κ3) is 3.16. The molecule has 21 heavy (non-hydrogen) atoms. The molecule has 0 N–H and O–H groups in total. The maximum Gasteiger partial charge on any atom is 0.229 e. The number of furan rings is 1. The van der Waals surface area contributed by atoms with Gasteiger partial charge < -0.3 is 4.42 Å². The summed E-state index contributed by atoms with van der Waals surface area (Å²) in [6.45, 7) is 2.13. The molecule has 8 heteroatoms. The summed E-state index contributed by atoms with van der Waals surface area (Å²) in [5.74, 6) is 1.53. The Morgan fingerprint density at radius 2 is 2.43 bits per heavy atom. The molecule has 1 unspecified atom stereocenters. The summed E-state index contributed by atoms with van der Waals surface area (Å²) in [5.41, 5.74) is 0. The normalized spacial score (nSPS) is 18.4. The first-order chi connectivity index (χ1) is 10.1. The lowest BCUT2D eigenvalue weighted by molar-refractivity contribution is -0.117. The highest BCUT2D eigenvalue weighted by Crippen LogP contribution is 2.33. The first-order valence-electron chi connectivity index (χ1n) is 6.44. The molecule has 110 valence electrons. The number of carbonyl (C=O) groups excluding carboxylic acids is 2. The van der Waals surface area contributed by atoms with Crippen molar-refractivity contribution in [1.82, 2.24) is 10.2 Å². The number of rotatable bonds is 4. The Balaban J connectivity index is 1.70. The number of aromatic nitrogens is 2. The Morgan fingerprint density at radius 1 is 1.57 bits per heavy atom. The van der Waals surface area contributed by atoms with Crippen LogP contribution in [-0.2, 0) is 9.59 Å². The zero-order valence-electron chi connectivity index (χ0n) is 11.3. The molecule has 0 saturated carbocycles. The van der Waals surface area contributed by atoms with Gasteiger partial charge >= 0.3 is 0 Å². The third-order valence-electron chi connectivity index (χ3n) is 3.10. The van der Waals surface area contributed by atoms with Crippen LogP contribution in [0.5, 0.6) is 0 Å². The lowest BCUT2D eigenvalue weighted by Gasteiger charge is -2.11. The van der Waals surface area contributed by atoms with Crippen molar-refractivity contribution >= 4 is 39.3 Å². The van der Waals surface area contributed by atoms with Gasteiger partial charge in [0, 0.05) is 25.6 Å². The fraction of sp³-hybridized carbons (Fsp3) is 0.385. The number of amides is 1. The van der Waals surface area contributed by atoms with Crippen LogP contribution in [0, 0.1) is 5.92 Å². The molecule has 1 saturated heterocycles. The molecule has 0 bridgehead atoms. The molecule has 1 aliphatic heterocycles. The predicted octanol–water partition coefficient (Wildman–Crippen LogP) is 2.43. The minimum Gasteiger partial charge on any atom is -0.462 e. The van der Waals surface area contributed by atoms with Crippen molar-refractivity contribution in [3.05, 3.63) is 18.4 Å². The van der Waals surface area contributed by atoms with Gasteiger partial charge in [0.25, 0.3) is 0 Å². The zero-order chi connectivity index (χ0) is 14.8. The lowest BCUT2D eigenvalue weighted by Crippen LogP contribution is -2.24. The smallest absolute Gasteiger partial charge is 0.229 e. The first kappa shape index (κ1) is 14.3. The summed E-state index contributed by atoms with van der Waals surface area (Å²) in [4.78, 5) is 24.7. The zero-order valence-corrected chi connectivity index (χ0v) is 12.9.